The molecule has 1 aliphatic heterocycles. The van der Waals surface area contributed by atoms with Crippen LogP contribution in [0.5, 0.6) is 0 Å². The lowest BCUT2D eigenvalue weighted by Crippen LogP contribution is -2.28. The SMILES string of the molecule is CCC1(CC/C=C/C(=O)OC(C)(C)C)OCCO1. The Hall–Kier alpha value is -0.870. The summed E-state index contributed by atoms with van der Waals surface area (Å²) < 4.78 is 16.4. The molecule has 0 unspecified atom stereocenters. The highest BCUT2D eigenvalue weighted by molar-refractivity contribution is 5.82. The van der Waals surface area contributed by atoms with Gasteiger partial charge in [0.05, 0.1) is 13.2 Å². The third-order valence-electron chi connectivity index (χ3n) is 2.70. The van der Waals surface area contributed by atoms with Gasteiger partial charge in [-0.25, -0.2) is 4.79 Å². The highest BCUT2D eigenvalue weighted by Gasteiger charge is 2.33. The van der Waals surface area contributed by atoms with Gasteiger partial charge in [0.1, 0.15) is 5.60 Å². The lowest BCUT2D eigenvalue weighted by molar-refractivity contribution is -0.163. The lowest BCUT2D eigenvalue weighted by atomic mass is 10.1. The summed E-state index contributed by atoms with van der Waals surface area (Å²) in [4.78, 5) is 11.4. The van der Waals surface area contributed by atoms with Crippen molar-refractivity contribution >= 4 is 5.97 Å². The molecule has 0 radical (unpaired) electrons. The summed E-state index contributed by atoms with van der Waals surface area (Å²) in [6, 6.07) is 0. The molecule has 0 N–H and O–H groups in total. The van der Waals surface area contributed by atoms with Gasteiger partial charge in [-0.05, 0) is 33.6 Å². The number of allylic oxidation sites excluding steroid dienone is 1. The molecule has 4 nitrogen and oxygen atoms in total. The number of esters is 1. The van der Waals surface area contributed by atoms with Crippen LogP contribution in [0, 0.1) is 0 Å². The van der Waals surface area contributed by atoms with Crippen molar-refractivity contribution in [3.8, 4) is 0 Å². The molecule has 0 amide bonds. The molecule has 0 atom stereocenters. The topological polar surface area (TPSA) is 44.8 Å². The minimum Gasteiger partial charge on any atom is -0.457 e. The number of rotatable bonds is 5. The van der Waals surface area contributed by atoms with Crippen molar-refractivity contribution in [1.82, 2.24) is 0 Å². The van der Waals surface area contributed by atoms with Gasteiger partial charge >= 0.3 is 5.97 Å². The molecule has 1 aliphatic rings. The average molecular weight is 256 g/mol. The van der Waals surface area contributed by atoms with Crippen LogP contribution >= 0.6 is 0 Å². The van der Waals surface area contributed by atoms with E-state index in [1.165, 1.54) is 6.08 Å². The fraction of sp³-hybridized carbons (Fsp3) is 0.786. The number of carbonyl (C=O) groups is 1. The van der Waals surface area contributed by atoms with Gasteiger partial charge in [0.2, 0.25) is 0 Å². The number of hydrogen-bond acceptors (Lipinski definition) is 4. The van der Waals surface area contributed by atoms with Gasteiger partial charge in [-0.3, -0.25) is 0 Å². The van der Waals surface area contributed by atoms with Gasteiger partial charge in [-0.1, -0.05) is 13.0 Å². The molecule has 4 heteroatoms. The Kier molecular flexibility index (Phi) is 5.35. The first kappa shape index (κ1) is 15.2. The predicted octanol–water partition coefficient (Wildman–Crippen LogP) is 2.82. The fourth-order valence-corrected chi connectivity index (χ4v) is 1.84. The highest BCUT2D eigenvalue weighted by Crippen LogP contribution is 2.28. The third-order valence-corrected chi connectivity index (χ3v) is 2.70. The maximum absolute atomic E-state index is 11.4. The zero-order chi connectivity index (χ0) is 13.6. The molecular formula is C14H24O4. The minimum atomic E-state index is -0.446. The van der Waals surface area contributed by atoms with Crippen LogP contribution in [-0.2, 0) is 19.0 Å². The summed E-state index contributed by atoms with van der Waals surface area (Å²) in [6.45, 7) is 8.91. The van der Waals surface area contributed by atoms with Crippen LogP contribution in [0.2, 0.25) is 0 Å². The smallest absolute Gasteiger partial charge is 0.330 e. The molecule has 18 heavy (non-hydrogen) atoms. The monoisotopic (exact) mass is 256 g/mol. The molecule has 1 saturated heterocycles. The van der Waals surface area contributed by atoms with Crippen molar-refractivity contribution in [2.24, 2.45) is 0 Å². The van der Waals surface area contributed by atoms with Gasteiger partial charge in [-0.2, -0.15) is 0 Å². The summed E-state index contributed by atoms with van der Waals surface area (Å²) in [5.41, 5.74) is -0.441. The molecule has 0 aromatic heterocycles. The second kappa shape index (κ2) is 6.34. The van der Waals surface area contributed by atoms with E-state index in [4.69, 9.17) is 14.2 Å². The normalized spacial score (nSPS) is 19.3. The first-order valence-corrected chi connectivity index (χ1v) is 6.54. The summed E-state index contributed by atoms with van der Waals surface area (Å²) in [7, 11) is 0. The molecule has 1 rings (SSSR count). The second-order valence-electron chi connectivity index (χ2n) is 5.44. The van der Waals surface area contributed by atoms with Gasteiger partial charge in [-0.15, -0.1) is 0 Å². The van der Waals surface area contributed by atoms with Crippen LogP contribution in [0.25, 0.3) is 0 Å². The number of ether oxygens (including phenoxy) is 3. The summed E-state index contributed by atoms with van der Waals surface area (Å²) >= 11 is 0. The van der Waals surface area contributed by atoms with Gasteiger partial charge in [0.25, 0.3) is 0 Å². The van der Waals surface area contributed by atoms with E-state index in [-0.39, 0.29) is 5.97 Å². The molecule has 0 spiro atoms. The van der Waals surface area contributed by atoms with Crippen LogP contribution in [0.1, 0.15) is 47.0 Å². The van der Waals surface area contributed by atoms with E-state index in [9.17, 15) is 4.79 Å². The first-order chi connectivity index (χ1) is 8.37. The zero-order valence-electron chi connectivity index (χ0n) is 11.8. The van der Waals surface area contributed by atoms with Gasteiger partial charge in [0.15, 0.2) is 5.79 Å². The van der Waals surface area contributed by atoms with E-state index in [0.717, 1.165) is 19.3 Å². The van der Waals surface area contributed by atoms with E-state index in [1.807, 2.05) is 33.8 Å². The Labute approximate surface area is 109 Å². The van der Waals surface area contributed by atoms with Crippen molar-refractivity contribution in [3.05, 3.63) is 12.2 Å². The molecule has 104 valence electrons. The molecule has 0 bridgehead atoms. The van der Waals surface area contributed by atoms with Crippen LogP contribution in [-0.4, -0.2) is 30.6 Å². The summed E-state index contributed by atoms with van der Waals surface area (Å²) in [5, 5.41) is 0. The molecule has 0 aromatic rings. The Balaban J connectivity index is 2.30. The Morgan fingerprint density at radius 1 is 1.33 bits per heavy atom. The van der Waals surface area contributed by atoms with Crippen LogP contribution < -0.4 is 0 Å². The molecule has 1 heterocycles. The molecule has 0 aliphatic carbocycles. The lowest BCUT2D eigenvalue weighted by Gasteiger charge is -2.25. The fourth-order valence-electron chi connectivity index (χ4n) is 1.84. The van der Waals surface area contributed by atoms with Gasteiger partial charge < -0.3 is 14.2 Å². The predicted molar refractivity (Wildman–Crippen MR) is 69.1 cm³/mol. The van der Waals surface area contributed by atoms with Crippen molar-refractivity contribution < 1.29 is 19.0 Å². The van der Waals surface area contributed by atoms with E-state index in [2.05, 4.69) is 0 Å². The van der Waals surface area contributed by atoms with Crippen LogP contribution in [0.3, 0.4) is 0 Å². The van der Waals surface area contributed by atoms with Crippen LogP contribution in [0.4, 0.5) is 0 Å². The summed E-state index contributed by atoms with van der Waals surface area (Å²) in [6.07, 6.45) is 5.63. The van der Waals surface area contributed by atoms with E-state index in [0.29, 0.717) is 13.2 Å². The van der Waals surface area contributed by atoms with E-state index >= 15 is 0 Å². The van der Waals surface area contributed by atoms with Gasteiger partial charge in [0, 0.05) is 12.5 Å². The number of carbonyl (C=O) groups excluding carboxylic acids is 1. The first-order valence-electron chi connectivity index (χ1n) is 6.54. The third kappa shape index (κ3) is 5.19. The highest BCUT2D eigenvalue weighted by atomic mass is 16.7. The quantitative estimate of drug-likeness (QED) is 0.560. The molecule has 1 fully saturated rings. The Bertz CT molecular complexity index is 295. The molecule has 0 saturated carbocycles. The van der Waals surface area contributed by atoms with Crippen molar-refractivity contribution in [2.45, 2.75) is 58.3 Å². The van der Waals surface area contributed by atoms with Crippen molar-refractivity contribution in [2.75, 3.05) is 13.2 Å². The zero-order valence-corrected chi connectivity index (χ0v) is 11.8. The van der Waals surface area contributed by atoms with Crippen molar-refractivity contribution in [3.63, 3.8) is 0 Å². The Morgan fingerprint density at radius 2 is 1.94 bits per heavy atom. The van der Waals surface area contributed by atoms with E-state index < -0.39 is 11.4 Å². The standard InChI is InChI=1S/C14H24O4/c1-5-14(16-10-11-17-14)9-7-6-8-12(15)18-13(2,3)4/h6,8H,5,7,9-11H2,1-4H3/b8-6+. The van der Waals surface area contributed by atoms with Crippen LogP contribution in [0.15, 0.2) is 12.2 Å². The maximum Gasteiger partial charge on any atom is 0.330 e. The number of hydrogen-bond donors (Lipinski definition) is 0. The second-order valence-corrected chi connectivity index (χ2v) is 5.44. The summed E-state index contributed by atoms with van der Waals surface area (Å²) in [5.74, 6) is -0.751. The largest absolute Gasteiger partial charge is 0.457 e. The Morgan fingerprint density at radius 3 is 2.44 bits per heavy atom. The molecule has 0 aromatic carbocycles. The molecular weight excluding hydrogens is 232 g/mol. The maximum atomic E-state index is 11.4. The average Bonchev–Trinajstić information content (AvgIpc) is 2.71. The minimum absolute atomic E-state index is 0.304. The van der Waals surface area contributed by atoms with Crippen molar-refractivity contribution in [1.29, 1.82) is 0 Å². The van der Waals surface area contributed by atoms with E-state index in [1.54, 1.807) is 0 Å².